The van der Waals surface area contributed by atoms with Crippen LogP contribution < -0.4 is 5.32 Å². The molecule has 0 radical (unpaired) electrons. The number of halogens is 3. The molecule has 1 aromatic rings. The van der Waals surface area contributed by atoms with Crippen LogP contribution in [0.1, 0.15) is 37.0 Å². The first-order valence-electron chi connectivity index (χ1n) is 6.15. The van der Waals surface area contributed by atoms with Gasteiger partial charge in [-0.25, -0.2) is 0 Å². The predicted octanol–water partition coefficient (Wildman–Crippen LogP) is 1.71. The topological polar surface area (TPSA) is 42.7 Å². The highest BCUT2D eigenvalue weighted by molar-refractivity contribution is 5.20. The quantitative estimate of drug-likeness (QED) is 0.880. The van der Waals surface area contributed by atoms with Crippen molar-refractivity contribution in [1.82, 2.24) is 20.1 Å². The lowest BCUT2D eigenvalue weighted by Gasteiger charge is -2.30. The highest BCUT2D eigenvalue weighted by Crippen LogP contribution is 2.47. The van der Waals surface area contributed by atoms with Crippen LogP contribution >= 0.6 is 0 Å². The lowest BCUT2D eigenvalue weighted by Crippen LogP contribution is -2.46. The summed E-state index contributed by atoms with van der Waals surface area (Å²) in [5, 5.41) is 10.5. The molecule has 2 fully saturated rings. The number of alkyl halides is 3. The minimum Gasteiger partial charge on any atom is -0.315 e. The van der Waals surface area contributed by atoms with E-state index in [0.29, 0.717) is 12.4 Å². The first kappa shape index (κ1) is 12.0. The Hall–Kier alpha value is -1.11. The summed E-state index contributed by atoms with van der Waals surface area (Å²) in [5.74, 6) is 0.683. The van der Waals surface area contributed by atoms with Gasteiger partial charge in [-0.1, -0.05) is 0 Å². The molecule has 1 aliphatic heterocycles. The van der Waals surface area contributed by atoms with Crippen molar-refractivity contribution in [3.63, 3.8) is 0 Å². The standard InChI is InChI=1S/C11H15F3N4/c1-7-16-17-9(18(7)8-2-3-8)10(11(12,13)14)4-5-15-6-10/h8,15H,2-6H2,1H3. The highest BCUT2D eigenvalue weighted by Gasteiger charge is 2.60. The number of rotatable bonds is 2. The Morgan fingerprint density at radius 2 is 2.06 bits per heavy atom. The fraction of sp³-hybridized carbons (Fsp3) is 0.818. The zero-order valence-electron chi connectivity index (χ0n) is 10.1. The van der Waals surface area contributed by atoms with Crippen LogP contribution in [0.3, 0.4) is 0 Å². The van der Waals surface area contributed by atoms with Crippen LogP contribution in [0.25, 0.3) is 0 Å². The second-order valence-electron chi connectivity index (χ2n) is 5.18. The van der Waals surface area contributed by atoms with Crippen molar-refractivity contribution in [1.29, 1.82) is 0 Å². The maximum atomic E-state index is 13.5. The van der Waals surface area contributed by atoms with Crippen molar-refractivity contribution in [2.45, 2.75) is 43.8 Å². The van der Waals surface area contributed by atoms with Gasteiger partial charge in [0.05, 0.1) is 0 Å². The fourth-order valence-corrected chi connectivity index (χ4v) is 2.72. The molecule has 2 aliphatic rings. The van der Waals surface area contributed by atoms with Gasteiger partial charge in [0.25, 0.3) is 0 Å². The Balaban J connectivity index is 2.11. The van der Waals surface area contributed by atoms with Crippen LogP contribution in [-0.2, 0) is 5.41 Å². The van der Waals surface area contributed by atoms with Gasteiger partial charge in [0.15, 0.2) is 0 Å². The first-order valence-corrected chi connectivity index (χ1v) is 6.15. The van der Waals surface area contributed by atoms with E-state index in [-0.39, 0.29) is 24.8 Å². The van der Waals surface area contributed by atoms with Crippen molar-refractivity contribution in [2.75, 3.05) is 13.1 Å². The lowest BCUT2D eigenvalue weighted by atomic mass is 9.85. The van der Waals surface area contributed by atoms with E-state index in [0.717, 1.165) is 12.8 Å². The predicted molar refractivity (Wildman–Crippen MR) is 58.2 cm³/mol. The molecule has 1 saturated heterocycles. The Morgan fingerprint density at radius 1 is 1.33 bits per heavy atom. The molecule has 1 unspecified atom stereocenters. The highest BCUT2D eigenvalue weighted by atomic mass is 19.4. The van der Waals surface area contributed by atoms with Gasteiger partial charge in [-0.05, 0) is 32.7 Å². The molecule has 0 amide bonds. The average Bonchev–Trinajstić information content (AvgIpc) is 2.85. The molecule has 4 nitrogen and oxygen atoms in total. The number of nitrogens with zero attached hydrogens (tertiary/aromatic N) is 3. The molecule has 2 heterocycles. The molecular weight excluding hydrogens is 245 g/mol. The first-order chi connectivity index (χ1) is 8.46. The maximum Gasteiger partial charge on any atom is 0.402 e. The number of hydrogen-bond donors (Lipinski definition) is 1. The number of aromatic nitrogens is 3. The fourth-order valence-electron chi connectivity index (χ4n) is 2.72. The van der Waals surface area contributed by atoms with Gasteiger partial charge < -0.3 is 9.88 Å². The smallest absolute Gasteiger partial charge is 0.315 e. The second kappa shape index (κ2) is 3.69. The van der Waals surface area contributed by atoms with E-state index in [1.807, 2.05) is 0 Å². The number of aryl methyl sites for hydroxylation is 1. The summed E-state index contributed by atoms with van der Waals surface area (Å²) < 4.78 is 42.1. The molecule has 1 atom stereocenters. The SMILES string of the molecule is Cc1nnc(C2(C(F)(F)F)CCNC2)n1C1CC1. The van der Waals surface area contributed by atoms with Crippen LogP contribution in [0.4, 0.5) is 13.2 Å². The van der Waals surface area contributed by atoms with Gasteiger partial charge in [-0.3, -0.25) is 0 Å². The molecule has 1 aliphatic carbocycles. The molecule has 3 rings (SSSR count). The molecule has 7 heteroatoms. The Morgan fingerprint density at radius 3 is 2.56 bits per heavy atom. The van der Waals surface area contributed by atoms with Gasteiger partial charge in [0.1, 0.15) is 17.1 Å². The molecule has 0 bridgehead atoms. The molecular formula is C11H15F3N4. The Kier molecular flexibility index (Phi) is 2.45. The summed E-state index contributed by atoms with van der Waals surface area (Å²) in [6.45, 7) is 2.00. The van der Waals surface area contributed by atoms with Gasteiger partial charge in [-0.2, -0.15) is 13.2 Å². The summed E-state index contributed by atoms with van der Waals surface area (Å²) in [5.41, 5.74) is -1.86. The normalized spacial score (nSPS) is 28.9. The zero-order valence-corrected chi connectivity index (χ0v) is 10.1. The largest absolute Gasteiger partial charge is 0.402 e. The van der Waals surface area contributed by atoms with Crippen molar-refractivity contribution in [3.8, 4) is 0 Å². The average molecular weight is 260 g/mol. The van der Waals surface area contributed by atoms with Crippen molar-refractivity contribution in [3.05, 3.63) is 11.6 Å². The van der Waals surface area contributed by atoms with Crippen LogP contribution in [0.2, 0.25) is 0 Å². The zero-order chi connectivity index (χ0) is 13.0. The molecule has 100 valence electrons. The van der Waals surface area contributed by atoms with Gasteiger partial charge in [-0.15, -0.1) is 10.2 Å². The van der Waals surface area contributed by atoms with E-state index in [4.69, 9.17) is 0 Å². The van der Waals surface area contributed by atoms with Gasteiger partial charge >= 0.3 is 6.18 Å². The minimum absolute atomic E-state index is 0.0430. The number of nitrogens with one attached hydrogen (secondary N) is 1. The van der Waals surface area contributed by atoms with E-state index >= 15 is 0 Å². The van der Waals surface area contributed by atoms with Gasteiger partial charge in [0, 0.05) is 12.6 Å². The summed E-state index contributed by atoms with van der Waals surface area (Å²) in [7, 11) is 0. The molecule has 1 N–H and O–H groups in total. The summed E-state index contributed by atoms with van der Waals surface area (Å²) in [4.78, 5) is 0. The van der Waals surface area contributed by atoms with Crippen molar-refractivity contribution >= 4 is 0 Å². The minimum atomic E-state index is -4.29. The molecule has 1 aromatic heterocycles. The maximum absolute atomic E-state index is 13.5. The van der Waals surface area contributed by atoms with E-state index in [1.165, 1.54) is 0 Å². The summed E-state index contributed by atoms with van der Waals surface area (Å²) in [6.07, 6.45) is -2.40. The molecule has 0 aromatic carbocycles. The molecule has 0 spiro atoms. The Labute approximate surface area is 103 Å². The molecule has 18 heavy (non-hydrogen) atoms. The van der Waals surface area contributed by atoms with E-state index in [1.54, 1.807) is 11.5 Å². The van der Waals surface area contributed by atoms with Crippen molar-refractivity contribution in [2.24, 2.45) is 0 Å². The lowest BCUT2D eigenvalue weighted by molar-refractivity contribution is -0.188. The van der Waals surface area contributed by atoms with Crippen LogP contribution in [-0.4, -0.2) is 34.0 Å². The third-order valence-electron chi connectivity index (χ3n) is 3.90. The monoisotopic (exact) mass is 260 g/mol. The third-order valence-corrected chi connectivity index (χ3v) is 3.90. The van der Waals surface area contributed by atoms with Crippen LogP contribution in [0.5, 0.6) is 0 Å². The second-order valence-corrected chi connectivity index (χ2v) is 5.18. The summed E-state index contributed by atoms with van der Waals surface area (Å²) >= 11 is 0. The van der Waals surface area contributed by atoms with Crippen LogP contribution in [0.15, 0.2) is 0 Å². The van der Waals surface area contributed by atoms with E-state index < -0.39 is 11.6 Å². The third kappa shape index (κ3) is 1.56. The molecule has 1 saturated carbocycles. The van der Waals surface area contributed by atoms with Gasteiger partial charge in [0.2, 0.25) is 0 Å². The van der Waals surface area contributed by atoms with Crippen molar-refractivity contribution < 1.29 is 13.2 Å². The number of hydrogen-bond acceptors (Lipinski definition) is 3. The van der Waals surface area contributed by atoms with E-state index in [9.17, 15) is 13.2 Å². The Bertz CT molecular complexity index is 455. The summed E-state index contributed by atoms with van der Waals surface area (Å²) in [6, 6.07) is 0.162. The van der Waals surface area contributed by atoms with E-state index in [2.05, 4.69) is 15.5 Å². The van der Waals surface area contributed by atoms with Crippen LogP contribution in [0, 0.1) is 6.92 Å².